The van der Waals surface area contributed by atoms with E-state index < -0.39 is 0 Å². The van der Waals surface area contributed by atoms with Crippen LogP contribution < -0.4 is 10.5 Å². The van der Waals surface area contributed by atoms with Gasteiger partial charge in [-0.1, -0.05) is 31.2 Å². The van der Waals surface area contributed by atoms with E-state index in [1.54, 1.807) is 0 Å². The number of para-hydroxylation sites is 1. The summed E-state index contributed by atoms with van der Waals surface area (Å²) in [6.45, 7) is 4.76. The van der Waals surface area contributed by atoms with Gasteiger partial charge in [0.25, 0.3) is 0 Å². The summed E-state index contributed by atoms with van der Waals surface area (Å²) >= 11 is 0. The Morgan fingerprint density at radius 3 is 2.68 bits per heavy atom. The number of pyridine rings is 1. The number of hydrogen-bond acceptors (Lipinski definition) is 3. The third-order valence-corrected chi connectivity index (χ3v) is 2.94. The zero-order valence-corrected chi connectivity index (χ0v) is 11.5. The van der Waals surface area contributed by atoms with Gasteiger partial charge in [0.15, 0.2) is 0 Å². The van der Waals surface area contributed by atoms with E-state index in [-0.39, 0.29) is 6.04 Å². The van der Waals surface area contributed by atoms with Gasteiger partial charge in [0.2, 0.25) is 0 Å². The molecule has 0 aliphatic carbocycles. The van der Waals surface area contributed by atoms with E-state index >= 15 is 0 Å². The topological polar surface area (TPSA) is 48.1 Å². The van der Waals surface area contributed by atoms with Crippen molar-refractivity contribution in [3.8, 4) is 5.75 Å². The number of ether oxygens (including phenoxy) is 1. The molecule has 1 heterocycles. The Balaban J connectivity index is 2.30. The molecule has 19 heavy (non-hydrogen) atoms. The van der Waals surface area contributed by atoms with Crippen LogP contribution in [0, 0.1) is 6.92 Å². The quantitative estimate of drug-likeness (QED) is 0.893. The van der Waals surface area contributed by atoms with Crippen LogP contribution in [0.3, 0.4) is 0 Å². The van der Waals surface area contributed by atoms with E-state index in [0.29, 0.717) is 6.61 Å². The maximum absolute atomic E-state index is 6.32. The highest BCUT2D eigenvalue weighted by Crippen LogP contribution is 2.27. The summed E-state index contributed by atoms with van der Waals surface area (Å²) < 4.78 is 5.75. The number of nitrogens with two attached hydrogens (primary N) is 1. The first-order valence-electron chi connectivity index (χ1n) is 6.63. The predicted octanol–water partition coefficient (Wildman–Crippen LogP) is 3.23. The largest absolute Gasteiger partial charge is 0.493 e. The fourth-order valence-electron chi connectivity index (χ4n) is 1.98. The SMILES string of the molecule is CCCOc1ccccc1C(N)c1cccc(C)n1. The summed E-state index contributed by atoms with van der Waals surface area (Å²) in [5.41, 5.74) is 9.14. The maximum atomic E-state index is 6.32. The number of aryl methyl sites for hydroxylation is 1. The molecule has 1 atom stereocenters. The Morgan fingerprint density at radius 1 is 1.16 bits per heavy atom. The molecule has 0 amide bonds. The van der Waals surface area contributed by atoms with E-state index in [1.165, 1.54) is 0 Å². The van der Waals surface area contributed by atoms with Gasteiger partial charge in [-0.3, -0.25) is 4.98 Å². The van der Waals surface area contributed by atoms with Crippen molar-refractivity contribution in [2.75, 3.05) is 6.61 Å². The van der Waals surface area contributed by atoms with Crippen LogP contribution in [0.25, 0.3) is 0 Å². The first-order valence-corrected chi connectivity index (χ1v) is 6.63. The molecule has 0 fully saturated rings. The Morgan fingerprint density at radius 2 is 1.95 bits per heavy atom. The van der Waals surface area contributed by atoms with Gasteiger partial charge < -0.3 is 10.5 Å². The minimum absolute atomic E-state index is 0.257. The van der Waals surface area contributed by atoms with Gasteiger partial charge in [-0.05, 0) is 31.5 Å². The molecule has 1 unspecified atom stereocenters. The molecule has 0 aliphatic heterocycles. The lowest BCUT2D eigenvalue weighted by molar-refractivity contribution is 0.313. The van der Waals surface area contributed by atoms with Crippen molar-refractivity contribution in [2.24, 2.45) is 5.73 Å². The lowest BCUT2D eigenvalue weighted by Gasteiger charge is -2.16. The summed E-state index contributed by atoms with van der Waals surface area (Å²) in [6, 6.07) is 13.5. The zero-order valence-electron chi connectivity index (χ0n) is 11.5. The highest BCUT2D eigenvalue weighted by Gasteiger charge is 2.15. The minimum Gasteiger partial charge on any atom is -0.493 e. The summed E-state index contributed by atoms with van der Waals surface area (Å²) in [5.74, 6) is 0.847. The van der Waals surface area contributed by atoms with Crippen molar-refractivity contribution in [1.29, 1.82) is 0 Å². The molecule has 1 aromatic heterocycles. The van der Waals surface area contributed by atoms with Gasteiger partial charge in [-0.25, -0.2) is 0 Å². The van der Waals surface area contributed by atoms with Crippen molar-refractivity contribution in [1.82, 2.24) is 4.98 Å². The molecule has 2 rings (SSSR count). The van der Waals surface area contributed by atoms with E-state index in [0.717, 1.165) is 29.1 Å². The van der Waals surface area contributed by atoms with E-state index in [4.69, 9.17) is 10.5 Å². The number of hydrogen-bond donors (Lipinski definition) is 1. The number of rotatable bonds is 5. The highest BCUT2D eigenvalue weighted by atomic mass is 16.5. The van der Waals surface area contributed by atoms with Crippen molar-refractivity contribution in [3.05, 3.63) is 59.4 Å². The molecule has 100 valence electrons. The fraction of sp³-hybridized carbons (Fsp3) is 0.312. The fourth-order valence-corrected chi connectivity index (χ4v) is 1.98. The Bertz CT molecular complexity index is 540. The monoisotopic (exact) mass is 256 g/mol. The molecule has 0 bridgehead atoms. The molecule has 3 heteroatoms. The van der Waals surface area contributed by atoms with Gasteiger partial charge in [-0.15, -0.1) is 0 Å². The van der Waals surface area contributed by atoms with Crippen molar-refractivity contribution in [2.45, 2.75) is 26.3 Å². The average molecular weight is 256 g/mol. The second-order valence-electron chi connectivity index (χ2n) is 4.57. The van der Waals surface area contributed by atoms with Crippen LogP contribution in [-0.2, 0) is 0 Å². The molecule has 1 aromatic carbocycles. The Labute approximate surface area is 114 Å². The normalized spacial score (nSPS) is 12.2. The molecule has 0 saturated heterocycles. The van der Waals surface area contributed by atoms with Crippen LogP contribution in [0.4, 0.5) is 0 Å². The lowest BCUT2D eigenvalue weighted by atomic mass is 10.0. The summed E-state index contributed by atoms with van der Waals surface area (Å²) in [6.07, 6.45) is 0.978. The highest BCUT2D eigenvalue weighted by molar-refractivity contribution is 5.39. The van der Waals surface area contributed by atoms with Gasteiger partial charge in [0, 0.05) is 11.3 Å². The molecule has 0 saturated carbocycles. The molecule has 2 aromatic rings. The lowest BCUT2D eigenvalue weighted by Crippen LogP contribution is -2.15. The van der Waals surface area contributed by atoms with Crippen molar-refractivity contribution >= 4 is 0 Å². The number of nitrogens with zero attached hydrogens (tertiary/aromatic N) is 1. The van der Waals surface area contributed by atoms with E-state index in [2.05, 4.69) is 11.9 Å². The van der Waals surface area contributed by atoms with Crippen LogP contribution >= 0.6 is 0 Å². The Hall–Kier alpha value is -1.87. The van der Waals surface area contributed by atoms with Gasteiger partial charge in [-0.2, -0.15) is 0 Å². The molecule has 0 radical (unpaired) electrons. The second kappa shape index (κ2) is 6.34. The summed E-state index contributed by atoms with van der Waals surface area (Å²) in [7, 11) is 0. The first kappa shape index (κ1) is 13.6. The van der Waals surface area contributed by atoms with Crippen LogP contribution in [0.5, 0.6) is 5.75 Å². The third kappa shape index (κ3) is 3.32. The van der Waals surface area contributed by atoms with Crippen LogP contribution in [0.2, 0.25) is 0 Å². The zero-order chi connectivity index (χ0) is 13.7. The average Bonchev–Trinajstić information content (AvgIpc) is 2.44. The van der Waals surface area contributed by atoms with Crippen molar-refractivity contribution in [3.63, 3.8) is 0 Å². The Kier molecular flexibility index (Phi) is 4.53. The van der Waals surface area contributed by atoms with Gasteiger partial charge in [0.05, 0.1) is 18.3 Å². The smallest absolute Gasteiger partial charge is 0.124 e. The molecular formula is C16H20N2O. The molecular weight excluding hydrogens is 236 g/mol. The van der Waals surface area contributed by atoms with Crippen LogP contribution in [0.15, 0.2) is 42.5 Å². The summed E-state index contributed by atoms with van der Waals surface area (Å²) in [4.78, 5) is 4.49. The number of benzene rings is 1. The van der Waals surface area contributed by atoms with Gasteiger partial charge >= 0.3 is 0 Å². The number of aromatic nitrogens is 1. The van der Waals surface area contributed by atoms with Crippen molar-refractivity contribution < 1.29 is 4.74 Å². The standard InChI is InChI=1S/C16H20N2O/c1-3-11-19-15-10-5-4-8-13(15)16(17)14-9-6-7-12(2)18-14/h4-10,16H,3,11,17H2,1-2H3. The van der Waals surface area contributed by atoms with Gasteiger partial charge in [0.1, 0.15) is 5.75 Å². The van der Waals surface area contributed by atoms with Crippen LogP contribution in [0.1, 0.15) is 36.3 Å². The molecule has 3 nitrogen and oxygen atoms in total. The molecule has 0 spiro atoms. The third-order valence-electron chi connectivity index (χ3n) is 2.94. The first-order chi connectivity index (χ1) is 9.22. The predicted molar refractivity (Wildman–Crippen MR) is 77.2 cm³/mol. The summed E-state index contributed by atoms with van der Waals surface area (Å²) in [5, 5.41) is 0. The maximum Gasteiger partial charge on any atom is 0.124 e. The van der Waals surface area contributed by atoms with Crippen LogP contribution in [-0.4, -0.2) is 11.6 Å². The van der Waals surface area contributed by atoms with E-state index in [9.17, 15) is 0 Å². The molecule has 2 N–H and O–H groups in total. The second-order valence-corrected chi connectivity index (χ2v) is 4.57. The van der Waals surface area contributed by atoms with E-state index in [1.807, 2.05) is 49.4 Å². The minimum atomic E-state index is -0.257. The molecule has 0 aliphatic rings.